The maximum absolute atomic E-state index is 12.5. The fourth-order valence-electron chi connectivity index (χ4n) is 2.99. The highest BCUT2D eigenvalue weighted by Gasteiger charge is 2.26. The fraction of sp³-hybridized carbons (Fsp3) is 0.0417. The topological polar surface area (TPSA) is 74.2 Å². The number of aliphatic imine (C=N–C) groups is 1. The first-order valence-electron chi connectivity index (χ1n) is 9.48. The van der Waals surface area contributed by atoms with Crippen molar-refractivity contribution in [3.8, 4) is 11.5 Å². The third-order valence-electron chi connectivity index (χ3n) is 4.54. The van der Waals surface area contributed by atoms with Gasteiger partial charge in [-0.1, -0.05) is 29.8 Å². The standard InChI is InChI=1S/C24H14BrClINO5/c1-31-20-11-13(9-17(25)21(20)32-23(29)14-5-3-2-4-6-14)10-19-24(30)33-22(28-19)16-12-15(27)7-8-18(16)26/h2-12H,1H3/b19-10-. The highest BCUT2D eigenvalue weighted by atomic mass is 127. The molecule has 0 atom stereocenters. The van der Waals surface area contributed by atoms with Crippen molar-refractivity contribution in [1.29, 1.82) is 0 Å². The normalized spacial score (nSPS) is 14.1. The number of cyclic esters (lactones) is 1. The van der Waals surface area contributed by atoms with E-state index in [1.165, 1.54) is 7.11 Å². The molecule has 33 heavy (non-hydrogen) atoms. The smallest absolute Gasteiger partial charge is 0.363 e. The summed E-state index contributed by atoms with van der Waals surface area (Å²) in [7, 11) is 1.46. The van der Waals surface area contributed by atoms with Crippen LogP contribution in [0.4, 0.5) is 0 Å². The molecule has 0 fully saturated rings. The molecule has 0 radical (unpaired) electrons. The van der Waals surface area contributed by atoms with Gasteiger partial charge < -0.3 is 14.2 Å². The number of ether oxygens (including phenoxy) is 3. The lowest BCUT2D eigenvalue weighted by molar-refractivity contribution is -0.129. The first-order chi connectivity index (χ1) is 15.9. The zero-order valence-corrected chi connectivity index (χ0v) is 21.5. The van der Waals surface area contributed by atoms with Crippen LogP contribution in [-0.2, 0) is 9.53 Å². The number of benzene rings is 3. The number of hydrogen-bond acceptors (Lipinski definition) is 6. The Morgan fingerprint density at radius 2 is 1.91 bits per heavy atom. The second kappa shape index (κ2) is 10.1. The Kier molecular flexibility index (Phi) is 7.16. The van der Waals surface area contributed by atoms with Crippen LogP contribution in [0.5, 0.6) is 11.5 Å². The molecule has 1 aliphatic heterocycles. The largest absolute Gasteiger partial charge is 0.493 e. The van der Waals surface area contributed by atoms with E-state index in [0.717, 1.165) is 3.57 Å². The van der Waals surface area contributed by atoms with Crippen LogP contribution < -0.4 is 9.47 Å². The van der Waals surface area contributed by atoms with Crippen molar-refractivity contribution in [2.45, 2.75) is 0 Å². The number of rotatable bonds is 5. The van der Waals surface area contributed by atoms with Crippen molar-refractivity contribution >= 4 is 74.0 Å². The van der Waals surface area contributed by atoms with E-state index in [0.29, 0.717) is 31.9 Å². The Hall–Kier alpha value is -2.69. The molecule has 0 saturated heterocycles. The third kappa shape index (κ3) is 5.29. The molecule has 4 rings (SSSR count). The molecule has 9 heteroatoms. The molecule has 166 valence electrons. The molecule has 0 amide bonds. The van der Waals surface area contributed by atoms with Crippen molar-refractivity contribution < 1.29 is 23.8 Å². The molecule has 0 saturated carbocycles. The maximum Gasteiger partial charge on any atom is 0.363 e. The van der Waals surface area contributed by atoms with Gasteiger partial charge in [0.05, 0.1) is 27.7 Å². The molecule has 6 nitrogen and oxygen atoms in total. The van der Waals surface area contributed by atoms with Gasteiger partial charge in [0.15, 0.2) is 17.2 Å². The fourth-order valence-corrected chi connectivity index (χ4v) is 4.22. The molecule has 3 aromatic rings. The highest BCUT2D eigenvalue weighted by Crippen LogP contribution is 2.38. The summed E-state index contributed by atoms with van der Waals surface area (Å²) in [6.45, 7) is 0. The Morgan fingerprint density at radius 3 is 2.64 bits per heavy atom. The van der Waals surface area contributed by atoms with Gasteiger partial charge in [0.2, 0.25) is 5.90 Å². The summed E-state index contributed by atoms with van der Waals surface area (Å²) in [5.41, 5.74) is 1.62. The van der Waals surface area contributed by atoms with Crippen LogP contribution in [-0.4, -0.2) is 24.9 Å². The van der Waals surface area contributed by atoms with E-state index < -0.39 is 11.9 Å². The van der Waals surface area contributed by atoms with Crippen molar-refractivity contribution in [2.75, 3.05) is 7.11 Å². The Labute approximate surface area is 216 Å². The van der Waals surface area contributed by atoms with Crippen molar-refractivity contribution in [3.63, 3.8) is 0 Å². The molecular formula is C24H14BrClINO5. The number of carbonyl (C=O) groups is 2. The Morgan fingerprint density at radius 1 is 1.15 bits per heavy atom. The van der Waals surface area contributed by atoms with Crippen LogP contribution in [0.2, 0.25) is 5.02 Å². The summed E-state index contributed by atoms with van der Waals surface area (Å²) in [6.07, 6.45) is 1.55. The van der Waals surface area contributed by atoms with Crippen LogP contribution in [0.3, 0.4) is 0 Å². The van der Waals surface area contributed by atoms with Crippen LogP contribution in [0.1, 0.15) is 21.5 Å². The lowest BCUT2D eigenvalue weighted by Crippen LogP contribution is -2.09. The molecule has 3 aromatic carbocycles. The summed E-state index contributed by atoms with van der Waals surface area (Å²) in [4.78, 5) is 29.2. The number of esters is 2. The minimum atomic E-state index is -0.602. The van der Waals surface area contributed by atoms with Gasteiger partial charge in [-0.25, -0.2) is 14.6 Å². The summed E-state index contributed by atoms with van der Waals surface area (Å²) >= 11 is 11.8. The zero-order valence-electron chi connectivity index (χ0n) is 17.0. The van der Waals surface area contributed by atoms with Crippen LogP contribution in [0, 0.1) is 3.57 Å². The van der Waals surface area contributed by atoms with Gasteiger partial charge in [-0.2, -0.15) is 0 Å². The predicted molar refractivity (Wildman–Crippen MR) is 137 cm³/mol. The van der Waals surface area contributed by atoms with Gasteiger partial charge in [0, 0.05) is 3.57 Å². The molecule has 0 aromatic heterocycles. The summed E-state index contributed by atoms with van der Waals surface area (Å²) in [5.74, 6) is -0.471. The van der Waals surface area contributed by atoms with Crippen LogP contribution in [0.25, 0.3) is 6.08 Å². The quantitative estimate of drug-likeness (QED) is 0.142. The van der Waals surface area contributed by atoms with E-state index in [-0.39, 0.29) is 17.3 Å². The van der Waals surface area contributed by atoms with Crippen molar-refractivity contribution in [3.05, 3.63) is 96.1 Å². The zero-order chi connectivity index (χ0) is 23.5. The number of halogens is 3. The van der Waals surface area contributed by atoms with E-state index >= 15 is 0 Å². The summed E-state index contributed by atoms with van der Waals surface area (Å²) in [5, 5.41) is 0.428. The lowest BCUT2D eigenvalue weighted by Gasteiger charge is -2.12. The average molecular weight is 639 g/mol. The molecule has 0 unspecified atom stereocenters. The minimum absolute atomic E-state index is 0.0999. The summed E-state index contributed by atoms with van der Waals surface area (Å²) < 4.78 is 17.7. The minimum Gasteiger partial charge on any atom is -0.493 e. The SMILES string of the molecule is COc1cc(/C=C2\N=C(c3cc(I)ccc3Cl)OC2=O)cc(Br)c1OC(=O)c1ccccc1. The van der Waals surface area contributed by atoms with Gasteiger partial charge in [-0.3, -0.25) is 0 Å². The maximum atomic E-state index is 12.5. The first kappa shape index (κ1) is 23.5. The van der Waals surface area contributed by atoms with E-state index in [2.05, 4.69) is 43.5 Å². The first-order valence-corrected chi connectivity index (χ1v) is 11.7. The Bertz CT molecular complexity index is 1320. The monoisotopic (exact) mass is 637 g/mol. The van der Waals surface area contributed by atoms with Gasteiger partial charge in [0.1, 0.15) is 0 Å². The number of nitrogens with zero attached hydrogens (tertiary/aromatic N) is 1. The van der Waals surface area contributed by atoms with Crippen LogP contribution >= 0.6 is 50.1 Å². The second-order valence-corrected chi connectivity index (χ2v) is 9.26. The highest BCUT2D eigenvalue weighted by molar-refractivity contribution is 14.1. The molecular weight excluding hydrogens is 625 g/mol. The number of hydrogen-bond donors (Lipinski definition) is 0. The van der Waals surface area contributed by atoms with Gasteiger partial charge in [-0.15, -0.1) is 0 Å². The Balaban J connectivity index is 1.65. The van der Waals surface area contributed by atoms with Crippen molar-refractivity contribution in [2.24, 2.45) is 4.99 Å². The van der Waals surface area contributed by atoms with E-state index in [4.69, 9.17) is 25.8 Å². The third-order valence-corrected chi connectivity index (χ3v) is 6.13. The number of methoxy groups -OCH3 is 1. The van der Waals surface area contributed by atoms with Gasteiger partial charge in [0.25, 0.3) is 0 Å². The van der Waals surface area contributed by atoms with Gasteiger partial charge >= 0.3 is 11.9 Å². The number of carbonyl (C=O) groups excluding carboxylic acids is 2. The second-order valence-electron chi connectivity index (χ2n) is 6.75. The molecule has 1 heterocycles. The van der Waals surface area contributed by atoms with Gasteiger partial charge in [-0.05, 0) is 92.6 Å². The van der Waals surface area contributed by atoms with Crippen LogP contribution in [0.15, 0.2) is 75.8 Å². The molecule has 0 aliphatic carbocycles. The molecule has 0 N–H and O–H groups in total. The predicted octanol–water partition coefficient (Wildman–Crippen LogP) is 6.28. The molecule has 0 bridgehead atoms. The lowest BCUT2D eigenvalue weighted by atomic mass is 10.1. The molecule has 1 aliphatic rings. The van der Waals surface area contributed by atoms with E-state index in [1.807, 2.05) is 12.1 Å². The molecule has 0 spiro atoms. The van der Waals surface area contributed by atoms with E-state index in [1.54, 1.807) is 54.6 Å². The average Bonchev–Trinajstić information content (AvgIpc) is 3.17. The van der Waals surface area contributed by atoms with Crippen molar-refractivity contribution in [1.82, 2.24) is 0 Å². The van der Waals surface area contributed by atoms with E-state index in [9.17, 15) is 9.59 Å². The summed E-state index contributed by atoms with van der Waals surface area (Å²) in [6, 6.07) is 17.3.